The van der Waals surface area contributed by atoms with Crippen molar-refractivity contribution in [1.29, 1.82) is 0 Å². The third-order valence-corrected chi connectivity index (χ3v) is 3.16. The molecule has 0 saturated heterocycles. The van der Waals surface area contributed by atoms with Crippen molar-refractivity contribution in [2.75, 3.05) is 6.61 Å². The third-order valence-electron chi connectivity index (χ3n) is 3.16. The SMILES string of the molecule is CC(=O)OCCC1(C(=O)O)CC1(C)C. The first-order chi connectivity index (χ1) is 6.32. The summed E-state index contributed by atoms with van der Waals surface area (Å²) >= 11 is 0. The number of carboxylic acids is 1. The average Bonchev–Trinajstić information content (AvgIpc) is 2.54. The maximum absolute atomic E-state index is 11.0. The lowest BCUT2D eigenvalue weighted by atomic mass is 9.93. The Labute approximate surface area is 83.2 Å². The maximum atomic E-state index is 11.0. The van der Waals surface area contributed by atoms with E-state index in [1.165, 1.54) is 6.92 Å². The molecule has 1 aliphatic rings. The summed E-state index contributed by atoms with van der Waals surface area (Å²) in [5, 5.41) is 9.06. The van der Waals surface area contributed by atoms with Crippen LogP contribution in [0.15, 0.2) is 0 Å². The van der Waals surface area contributed by atoms with Crippen LogP contribution in [0.2, 0.25) is 0 Å². The lowest BCUT2D eigenvalue weighted by Crippen LogP contribution is -2.23. The highest BCUT2D eigenvalue weighted by atomic mass is 16.5. The monoisotopic (exact) mass is 200 g/mol. The largest absolute Gasteiger partial charge is 0.481 e. The molecule has 80 valence electrons. The molecule has 0 aromatic carbocycles. The Morgan fingerprint density at radius 1 is 1.43 bits per heavy atom. The van der Waals surface area contributed by atoms with Crippen LogP contribution in [0.25, 0.3) is 0 Å². The van der Waals surface area contributed by atoms with Crippen LogP contribution in [0.5, 0.6) is 0 Å². The average molecular weight is 200 g/mol. The van der Waals surface area contributed by atoms with E-state index < -0.39 is 11.4 Å². The van der Waals surface area contributed by atoms with Crippen LogP contribution in [-0.4, -0.2) is 23.7 Å². The fourth-order valence-electron chi connectivity index (χ4n) is 1.98. The lowest BCUT2D eigenvalue weighted by Gasteiger charge is -2.14. The Morgan fingerprint density at radius 2 is 1.93 bits per heavy atom. The molecule has 0 aliphatic heterocycles. The van der Waals surface area contributed by atoms with E-state index in [1.54, 1.807) is 0 Å². The van der Waals surface area contributed by atoms with E-state index in [9.17, 15) is 9.59 Å². The van der Waals surface area contributed by atoms with Crippen molar-refractivity contribution in [3.05, 3.63) is 0 Å². The third kappa shape index (κ3) is 1.74. The first-order valence-corrected chi connectivity index (χ1v) is 4.69. The van der Waals surface area contributed by atoms with Gasteiger partial charge in [0.05, 0.1) is 12.0 Å². The summed E-state index contributed by atoms with van der Waals surface area (Å²) in [5.74, 6) is -1.14. The van der Waals surface area contributed by atoms with Gasteiger partial charge in [-0.1, -0.05) is 13.8 Å². The van der Waals surface area contributed by atoms with Crippen LogP contribution in [-0.2, 0) is 14.3 Å². The van der Waals surface area contributed by atoms with Crippen LogP contribution in [0.4, 0.5) is 0 Å². The summed E-state index contributed by atoms with van der Waals surface area (Å²) in [6, 6.07) is 0. The number of hydrogen-bond acceptors (Lipinski definition) is 3. The van der Waals surface area contributed by atoms with Gasteiger partial charge in [0.2, 0.25) is 0 Å². The zero-order chi connectivity index (χ0) is 11.0. The molecule has 1 fully saturated rings. The Bertz CT molecular complexity index is 269. The number of ether oxygens (including phenoxy) is 1. The number of carboxylic acid groups (broad SMARTS) is 1. The minimum Gasteiger partial charge on any atom is -0.481 e. The molecular formula is C10H16O4. The van der Waals surface area contributed by atoms with Gasteiger partial charge >= 0.3 is 11.9 Å². The van der Waals surface area contributed by atoms with Crippen LogP contribution < -0.4 is 0 Å². The molecule has 0 amide bonds. The normalized spacial score (nSPS) is 28.2. The molecule has 1 rings (SSSR count). The van der Waals surface area contributed by atoms with Crippen molar-refractivity contribution in [2.24, 2.45) is 10.8 Å². The van der Waals surface area contributed by atoms with Gasteiger partial charge in [-0.25, -0.2) is 0 Å². The molecule has 4 nitrogen and oxygen atoms in total. The summed E-state index contributed by atoms with van der Waals surface area (Å²) in [6.45, 7) is 5.38. The van der Waals surface area contributed by atoms with Gasteiger partial charge in [0.15, 0.2) is 0 Å². The van der Waals surface area contributed by atoms with Gasteiger partial charge in [-0.15, -0.1) is 0 Å². The van der Waals surface area contributed by atoms with Crippen molar-refractivity contribution < 1.29 is 19.4 Å². The van der Waals surface area contributed by atoms with Crippen molar-refractivity contribution in [3.63, 3.8) is 0 Å². The topological polar surface area (TPSA) is 63.6 Å². The van der Waals surface area contributed by atoms with Crippen molar-refractivity contribution in [3.8, 4) is 0 Å². The highest BCUT2D eigenvalue weighted by molar-refractivity contribution is 5.79. The molecular weight excluding hydrogens is 184 g/mol. The highest BCUT2D eigenvalue weighted by Crippen LogP contribution is 2.65. The Morgan fingerprint density at radius 3 is 2.21 bits per heavy atom. The molecule has 4 heteroatoms. The second-order valence-corrected chi connectivity index (χ2v) is 4.54. The van der Waals surface area contributed by atoms with Crippen LogP contribution in [0, 0.1) is 10.8 Å². The van der Waals surface area contributed by atoms with Crippen molar-refractivity contribution in [2.45, 2.75) is 33.6 Å². The van der Waals surface area contributed by atoms with Crippen LogP contribution in [0.1, 0.15) is 33.6 Å². The van der Waals surface area contributed by atoms with Crippen LogP contribution in [0.3, 0.4) is 0 Å². The summed E-state index contributed by atoms with van der Waals surface area (Å²) in [5.41, 5.74) is -0.846. The molecule has 14 heavy (non-hydrogen) atoms. The molecule has 1 unspecified atom stereocenters. The lowest BCUT2D eigenvalue weighted by molar-refractivity contribution is -0.149. The van der Waals surface area contributed by atoms with Gasteiger partial charge in [-0.3, -0.25) is 9.59 Å². The van der Waals surface area contributed by atoms with Gasteiger partial charge in [0.25, 0.3) is 0 Å². The Balaban J connectivity index is 2.49. The van der Waals surface area contributed by atoms with E-state index in [-0.39, 0.29) is 18.0 Å². The molecule has 0 spiro atoms. The molecule has 0 radical (unpaired) electrons. The number of esters is 1. The van der Waals surface area contributed by atoms with Crippen LogP contribution >= 0.6 is 0 Å². The summed E-state index contributed by atoms with van der Waals surface area (Å²) in [6.07, 6.45) is 1.07. The van der Waals surface area contributed by atoms with E-state index in [0.717, 1.165) is 0 Å². The molecule has 1 atom stereocenters. The zero-order valence-electron chi connectivity index (χ0n) is 8.79. The predicted molar refractivity (Wildman–Crippen MR) is 49.7 cm³/mol. The minimum atomic E-state index is -0.783. The molecule has 0 aromatic rings. The number of rotatable bonds is 4. The van der Waals surface area contributed by atoms with Gasteiger partial charge in [-0.05, 0) is 18.3 Å². The quantitative estimate of drug-likeness (QED) is 0.697. The molecule has 0 heterocycles. The fraction of sp³-hybridized carbons (Fsp3) is 0.800. The predicted octanol–water partition coefficient (Wildman–Crippen LogP) is 1.44. The summed E-state index contributed by atoms with van der Waals surface area (Å²) in [4.78, 5) is 21.5. The van der Waals surface area contributed by atoms with E-state index in [4.69, 9.17) is 9.84 Å². The molecule has 1 N–H and O–H groups in total. The van der Waals surface area contributed by atoms with E-state index >= 15 is 0 Å². The molecule has 1 aliphatic carbocycles. The maximum Gasteiger partial charge on any atom is 0.310 e. The van der Waals surface area contributed by atoms with Crippen molar-refractivity contribution in [1.82, 2.24) is 0 Å². The van der Waals surface area contributed by atoms with Gasteiger partial charge in [0, 0.05) is 6.92 Å². The second-order valence-electron chi connectivity index (χ2n) is 4.54. The van der Waals surface area contributed by atoms with E-state index in [1.807, 2.05) is 13.8 Å². The molecule has 0 aromatic heterocycles. The zero-order valence-corrected chi connectivity index (χ0v) is 8.79. The number of aliphatic carboxylic acids is 1. The van der Waals surface area contributed by atoms with E-state index in [2.05, 4.69) is 0 Å². The van der Waals surface area contributed by atoms with Gasteiger partial charge < -0.3 is 9.84 Å². The summed E-state index contributed by atoms with van der Waals surface area (Å²) in [7, 11) is 0. The smallest absolute Gasteiger partial charge is 0.310 e. The number of carbonyl (C=O) groups excluding carboxylic acids is 1. The van der Waals surface area contributed by atoms with Gasteiger partial charge in [0.1, 0.15) is 0 Å². The first kappa shape index (κ1) is 11.0. The Hall–Kier alpha value is -1.06. The standard InChI is InChI=1S/C10H16O4/c1-7(11)14-5-4-10(8(12)13)6-9(10,2)3/h4-6H2,1-3H3,(H,12,13). The molecule has 0 bridgehead atoms. The fourth-order valence-corrected chi connectivity index (χ4v) is 1.98. The van der Waals surface area contributed by atoms with Gasteiger partial charge in [-0.2, -0.15) is 0 Å². The van der Waals surface area contributed by atoms with E-state index in [0.29, 0.717) is 12.8 Å². The summed E-state index contributed by atoms with van der Waals surface area (Å²) < 4.78 is 4.76. The van der Waals surface area contributed by atoms with Crippen molar-refractivity contribution >= 4 is 11.9 Å². The first-order valence-electron chi connectivity index (χ1n) is 4.69. The Kier molecular flexibility index (Phi) is 2.56. The highest BCUT2D eigenvalue weighted by Gasteiger charge is 2.66. The second kappa shape index (κ2) is 3.26. The molecule has 1 saturated carbocycles. The number of hydrogen-bond donors (Lipinski definition) is 1. The minimum absolute atomic E-state index is 0.168. The number of carbonyl (C=O) groups is 2.